The summed E-state index contributed by atoms with van der Waals surface area (Å²) in [6, 6.07) is -1.11. The van der Waals surface area contributed by atoms with E-state index in [1.54, 1.807) is 0 Å². The maximum absolute atomic E-state index is 11.6. The van der Waals surface area contributed by atoms with E-state index in [1.807, 2.05) is 0 Å². The number of hydrogen-bond donors (Lipinski definition) is 2. The van der Waals surface area contributed by atoms with Gasteiger partial charge in [0, 0.05) is 12.8 Å². The Morgan fingerprint density at radius 1 is 1.40 bits per heavy atom. The van der Waals surface area contributed by atoms with Gasteiger partial charge in [-0.05, 0) is 6.42 Å². The van der Waals surface area contributed by atoms with E-state index in [0.29, 0.717) is 6.54 Å². The van der Waals surface area contributed by atoms with E-state index in [4.69, 9.17) is 5.11 Å². The van der Waals surface area contributed by atoms with Crippen LogP contribution in [-0.4, -0.2) is 50.9 Å². The second-order valence-electron chi connectivity index (χ2n) is 3.98. The number of carbonyl (C=O) groups is 3. The van der Waals surface area contributed by atoms with Crippen LogP contribution in [0.4, 0.5) is 0 Å². The second kappa shape index (κ2) is 7.87. The molecule has 1 heterocycles. The molecule has 0 unspecified atom stereocenters. The molecule has 0 saturated heterocycles. The van der Waals surface area contributed by atoms with Crippen LogP contribution >= 0.6 is 0 Å². The zero-order valence-corrected chi connectivity index (χ0v) is 11.0. The summed E-state index contributed by atoms with van der Waals surface area (Å²) in [5, 5.41) is 15.1. The second-order valence-corrected chi connectivity index (χ2v) is 3.98. The van der Waals surface area contributed by atoms with Crippen LogP contribution in [0, 0.1) is 0 Å². The minimum absolute atomic E-state index is 0.0168. The fourth-order valence-corrected chi connectivity index (χ4v) is 1.45. The molecule has 110 valence electrons. The summed E-state index contributed by atoms with van der Waals surface area (Å²) in [5.74, 6) is -2.14. The molecule has 9 nitrogen and oxygen atoms in total. The van der Waals surface area contributed by atoms with Crippen molar-refractivity contribution in [3.8, 4) is 0 Å². The van der Waals surface area contributed by atoms with Crippen molar-refractivity contribution in [3.63, 3.8) is 0 Å². The predicted octanol–water partition coefficient (Wildman–Crippen LogP) is -0.809. The number of aliphatic carboxylic acids is 1. The zero-order valence-electron chi connectivity index (χ0n) is 11.0. The maximum atomic E-state index is 11.6. The molecule has 20 heavy (non-hydrogen) atoms. The molecular formula is C11H16N4O5. The van der Waals surface area contributed by atoms with Crippen molar-refractivity contribution in [2.75, 3.05) is 7.11 Å². The highest BCUT2D eigenvalue weighted by atomic mass is 16.5. The third kappa shape index (κ3) is 5.46. The van der Waals surface area contributed by atoms with E-state index in [2.05, 4.69) is 20.1 Å². The predicted molar refractivity (Wildman–Crippen MR) is 65.5 cm³/mol. The highest BCUT2D eigenvalue weighted by Crippen LogP contribution is 2.00. The van der Waals surface area contributed by atoms with Gasteiger partial charge >= 0.3 is 11.9 Å². The molecule has 0 aliphatic heterocycles. The summed E-state index contributed by atoms with van der Waals surface area (Å²) in [7, 11) is 1.22. The molecule has 2 N–H and O–H groups in total. The molecule has 0 aliphatic carbocycles. The summed E-state index contributed by atoms with van der Waals surface area (Å²) in [6.07, 6.45) is 2.78. The first-order valence-electron chi connectivity index (χ1n) is 5.94. The number of aromatic nitrogens is 3. The van der Waals surface area contributed by atoms with E-state index in [9.17, 15) is 14.4 Å². The van der Waals surface area contributed by atoms with Crippen molar-refractivity contribution in [1.82, 2.24) is 20.1 Å². The Labute approximate surface area is 114 Å². The van der Waals surface area contributed by atoms with Crippen LogP contribution < -0.4 is 5.32 Å². The van der Waals surface area contributed by atoms with Crippen LogP contribution in [0.3, 0.4) is 0 Å². The van der Waals surface area contributed by atoms with Crippen LogP contribution in [0.25, 0.3) is 0 Å². The number of hydrogen-bond acceptors (Lipinski definition) is 6. The molecule has 1 atom stereocenters. The number of carbonyl (C=O) groups excluding carboxylic acids is 2. The number of rotatable bonds is 8. The van der Waals surface area contributed by atoms with Gasteiger partial charge in [-0.15, -0.1) is 0 Å². The molecular weight excluding hydrogens is 268 g/mol. The molecule has 9 heteroatoms. The molecule has 0 spiro atoms. The standard InChI is InChI=1S/C11H16N4O5/c1-20-10(17)3-2-8(11(18)19)14-9(16)4-5-15-7-12-6-13-15/h6-8H,2-5H2,1H3,(H,14,16)(H,18,19)/t8-/m0/s1. The Morgan fingerprint density at radius 3 is 2.70 bits per heavy atom. The zero-order chi connectivity index (χ0) is 15.0. The van der Waals surface area contributed by atoms with Crippen LogP contribution in [0.2, 0.25) is 0 Å². The Bertz CT molecular complexity index is 459. The van der Waals surface area contributed by atoms with Gasteiger partial charge in [-0.25, -0.2) is 9.78 Å². The SMILES string of the molecule is COC(=O)CC[C@H](NC(=O)CCn1cncn1)C(=O)O. The Hall–Kier alpha value is -2.45. The summed E-state index contributed by atoms with van der Waals surface area (Å²) < 4.78 is 5.88. The number of carboxylic acids is 1. The van der Waals surface area contributed by atoms with Crippen molar-refractivity contribution in [2.45, 2.75) is 31.8 Å². The highest BCUT2D eigenvalue weighted by molar-refractivity contribution is 5.83. The summed E-state index contributed by atoms with van der Waals surface area (Å²) in [6.45, 7) is 0.301. The molecule has 0 aliphatic rings. The van der Waals surface area contributed by atoms with Gasteiger partial charge in [-0.3, -0.25) is 14.3 Å². The first-order chi connectivity index (χ1) is 9.52. The van der Waals surface area contributed by atoms with Crippen LogP contribution in [-0.2, 0) is 25.7 Å². The van der Waals surface area contributed by atoms with Gasteiger partial charge in [0.15, 0.2) is 0 Å². The summed E-state index contributed by atoms with van der Waals surface area (Å²) in [5.41, 5.74) is 0. The van der Waals surface area contributed by atoms with E-state index < -0.39 is 23.9 Å². The molecule has 0 saturated carbocycles. The monoisotopic (exact) mass is 284 g/mol. The Morgan fingerprint density at radius 2 is 2.15 bits per heavy atom. The van der Waals surface area contributed by atoms with E-state index in [-0.39, 0.29) is 19.3 Å². The summed E-state index contributed by atoms with van der Waals surface area (Å²) in [4.78, 5) is 37.3. The fraction of sp³-hybridized carbons (Fsp3) is 0.545. The Balaban J connectivity index is 2.38. The average molecular weight is 284 g/mol. The maximum Gasteiger partial charge on any atom is 0.326 e. The minimum Gasteiger partial charge on any atom is -0.480 e. The first-order valence-corrected chi connectivity index (χ1v) is 5.94. The van der Waals surface area contributed by atoms with Gasteiger partial charge in [-0.1, -0.05) is 0 Å². The fourth-order valence-electron chi connectivity index (χ4n) is 1.45. The average Bonchev–Trinajstić information content (AvgIpc) is 2.93. The van der Waals surface area contributed by atoms with Gasteiger partial charge in [0.1, 0.15) is 18.7 Å². The van der Waals surface area contributed by atoms with Gasteiger partial charge in [0.05, 0.1) is 13.7 Å². The summed E-state index contributed by atoms with van der Waals surface area (Å²) >= 11 is 0. The van der Waals surface area contributed by atoms with Gasteiger partial charge in [0.25, 0.3) is 0 Å². The smallest absolute Gasteiger partial charge is 0.326 e. The number of nitrogens with one attached hydrogen (secondary N) is 1. The Kier molecular flexibility index (Phi) is 6.14. The van der Waals surface area contributed by atoms with Crippen molar-refractivity contribution >= 4 is 17.8 Å². The lowest BCUT2D eigenvalue weighted by molar-refractivity contribution is -0.144. The first kappa shape index (κ1) is 15.6. The number of amides is 1. The molecule has 1 amide bonds. The molecule has 0 aromatic carbocycles. The topological polar surface area (TPSA) is 123 Å². The highest BCUT2D eigenvalue weighted by Gasteiger charge is 2.21. The van der Waals surface area contributed by atoms with Crippen molar-refractivity contribution in [2.24, 2.45) is 0 Å². The van der Waals surface area contributed by atoms with Crippen LogP contribution in [0.5, 0.6) is 0 Å². The number of nitrogens with zero attached hydrogens (tertiary/aromatic N) is 3. The lowest BCUT2D eigenvalue weighted by atomic mass is 10.1. The number of carboxylic acid groups (broad SMARTS) is 1. The van der Waals surface area contributed by atoms with Gasteiger partial charge in [0.2, 0.25) is 5.91 Å². The normalized spacial score (nSPS) is 11.7. The molecule has 0 radical (unpaired) electrons. The van der Waals surface area contributed by atoms with Gasteiger partial charge in [-0.2, -0.15) is 5.10 Å². The van der Waals surface area contributed by atoms with E-state index in [1.165, 1.54) is 24.4 Å². The van der Waals surface area contributed by atoms with Crippen molar-refractivity contribution in [3.05, 3.63) is 12.7 Å². The number of aryl methyl sites for hydroxylation is 1. The van der Waals surface area contributed by atoms with E-state index >= 15 is 0 Å². The number of esters is 1. The van der Waals surface area contributed by atoms with Crippen molar-refractivity contribution < 1.29 is 24.2 Å². The minimum atomic E-state index is -1.19. The largest absolute Gasteiger partial charge is 0.480 e. The quantitative estimate of drug-likeness (QED) is 0.598. The van der Waals surface area contributed by atoms with E-state index in [0.717, 1.165) is 0 Å². The van der Waals surface area contributed by atoms with Crippen LogP contribution in [0.15, 0.2) is 12.7 Å². The third-order valence-electron chi connectivity index (χ3n) is 2.53. The molecule has 0 bridgehead atoms. The lowest BCUT2D eigenvalue weighted by Gasteiger charge is -2.13. The van der Waals surface area contributed by atoms with Crippen LogP contribution in [0.1, 0.15) is 19.3 Å². The van der Waals surface area contributed by atoms with Crippen molar-refractivity contribution in [1.29, 1.82) is 0 Å². The number of ether oxygens (including phenoxy) is 1. The molecule has 0 fully saturated rings. The third-order valence-corrected chi connectivity index (χ3v) is 2.53. The molecule has 1 aromatic rings. The molecule has 1 aromatic heterocycles. The molecule has 1 rings (SSSR count). The number of methoxy groups -OCH3 is 1. The van der Waals surface area contributed by atoms with Gasteiger partial charge < -0.3 is 15.2 Å². The lowest BCUT2D eigenvalue weighted by Crippen LogP contribution is -2.41.